The number of ether oxygens (including phenoxy) is 1. The first-order valence-corrected chi connectivity index (χ1v) is 11.9. The van der Waals surface area contributed by atoms with Crippen LogP contribution in [0.2, 0.25) is 0 Å². The Balaban J connectivity index is 1.36. The second-order valence-corrected chi connectivity index (χ2v) is 9.38. The van der Waals surface area contributed by atoms with Gasteiger partial charge in [0, 0.05) is 11.1 Å². The van der Waals surface area contributed by atoms with E-state index in [1.165, 1.54) is 74.6 Å². The van der Waals surface area contributed by atoms with E-state index in [2.05, 4.69) is 41.7 Å². The minimum absolute atomic E-state index is 0.231. The molecule has 0 heterocycles. The van der Waals surface area contributed by atoms with Gasteiger partial charge in [0.25, 0.3) is 0 Å². The van der Waals surface area contributed by atoms with Gasteiger partial charge >= 0.3 is 6.36 Å². The van der Waals surface area contributed by atoms with Crippen molar-refractivity contribution in [2.75, 3.05) is 0 Å². The number of aryl methyl sites for hydroxylation is 1. The van der Waals surface area contributed by atoms with Gasteiger partial charge in [0.05, 0.1) is 0 Å². The minimum atomic E-state index is -4.68. The summed E-state index contributed by atoms with van der Waals surface area (Å²) in [5.41, 5.74) is 4.49. The number of hydrogen-bond acceptors (Lipinski definition) is 1. The number of hydrogen-bond donors (Lipinski definition) is 0. The molecule has 0 saturated heterocycles. The molecule has 1 nitrogen and oxygen atoms in total. The Morgan fingerprint density at radius 2 is 1.53 bits per heavy atom. The first-order chi connectivity index (χ1) is 15.4. The topological polar surface area (TPSA) is 9.23 Å². The smallest absolute Gasteiger partial charge is 0.406 e. The summed E-state index contributed by atoms with van der Waals surface area (Å²) in [6.07, 6.45) is 7.25. The van der Waals surface area contributed by atoms with Crippen LogP contribution in [0, 0.1) is 29.6 Å². The van der Waals surface area contributed by atoms with Crippen molar-refractivity contribution in [3.63, 3.8) is 0 Å². The zero-order chi connectivity index (χ0) is 22.6. The van der Waals surface area contributed by atoms with Gasteiger partial charge in [-0.1, -0.05) is 50.5 Å². The van der Waals surface area contributed by atoms with Crippen LogP contribution in [0.3, 0.4) is 0 Å². The van der Waals surface area contributed by atoms with Gasteiger partial charge in [-0.2, -0.15) is 0 Å². The number of halogens is 3. The molecule has 2 aromatic carbocycles. The number of benzene rings is 2. The summed E-state index contributed by atoms with van der Waals surface area (Å²) in [5, 5.41) is 0. The summed E-state index contributed by atoms with van der Waals surface area (Å²) in [6, 6.07) is 12.2. The van der Waals surface area contributed by atoms with E-state index in [0.29, 0.717) is 5.56 Å². The van der Waals surface area contributed by atoms with Crippen molar-refractivity contribution in [1.82, 2.24) is 0 Å². The first kappa shape index (κ1) is 22.8. The molecule has 2 aromatic rings. The van der Waals surface area contributed by atoms with Gasteiger partial charge < -0.3 is 4.74 Å². The second-order valence-electron chi connectivity index (χ2n) is 9.38. The number of fused-ring (bicyclic) bond motifs is 1. The van der Waals surface area contributed by atoms with Crippen molar-refractivity contribution in [2.24, 2.45) is 17.8 Å². The van der Waals surface area contributed by atoms with Crippen LogP contribution in [0.1, 0.15) is 74.1 Å². The molecular formula is C28H31F3O. The lowest BCUT2D eigenvalue weighted by molar-refractivity contribution is -0.274. The molecule has 1 fully saturated rings. The highest BCUT2D eigenvalue weighted by Crippen LogP contribution is 2.40. The standard InChI is InChI=1S/C28H31F3O/c1-2-3-20-6-11-23(12-7-20)25-15-14-24-18-22(8-13-26(24)19-25)5-4-21-9-16-27(17-10-21)32-28(29,30)31/h8-10,13,16-18,20,23,25H,2-3,6-7,11-12,14-15,19H2,1H3. The molecular weight excluding hydrogens is 409 g/mol. The maximum absolute atomic E-state index is 12.3. The molecule has 0 radical (unpaired) electrons. The third-order valence-electron chi connectivity index (χ3n) is 7.17. The summed E-state index contributed by atoms with van der Waals surface area (Å²) in [5.74, 6) is 8.64. The summed E-state index contributed by atoms with van der Waals surface area (Å²) < 4.78 is 40.7. The Hall–Kier alpha value is -2.41. The molecule has 0 N–H and O–H groups in total. The molecule has 1 saturated carbocycles. The highest BCUT2D eigenvalue weighted by atomic mass is 19.4. The fraction of sp³-hybridized carbons (Fsp3) is 0.500. The van der Waals surface area contributed by atoms with Crippen LogP contribution in [-0.4, -0.2) is 6.36 Å². The zero-order valence-electron chi connectivity index (χ0n) is 18.7. The van der Waals surface area contributed by atoms with E-state index in [1.807, 2.05) is 0 Å². The predicted octanol–water partition coefficient (Wildman–Crippen LogP) is 7.70. The molecule has 0 amide bonds. The van der Waals surface area contributed by atoms with Crippen molar-refractivity contribution in [1.29, 1.82) is 0 Å². The number of rotatable bonds is 4. The van der Waals surface area contributed by atoms with Crippen molar-refractivity contribution >= 4 is 0 Å². The molecule has 32 heavy (non-hydrogen) atoms. The lowest BCUT2D eigenvalue weighted by atomic mass is 9.69. The van der Waals surface area contributed by atoms with Gasteiger partial charge in [-0.3, -0.25) is 0 Å². The van der Waals surface area contributed by atoms with Crippen molar-refractivity contribution in [3.05, 3.63) is 64.7 Å². The molecule has 0 spiro atoms. The van der Waals surface area contributed by atoms with Gasteiger partial charge in [0.1, 0.15) is 5.75 Å². The molecule has 0 bridgehead atoms. The van der Waals surface area contributed by atoms with Crippen LogP contribution in [-0.2, 0) is 12.8 Å². The van der Waals surface area contributed by atoms with Crippen LogP contribution in [0.15, 0.2) is 42.5 Å². The van der Waals surface area contributed by atoms with Crippen LogP contribution in [0.5, 0.6) is 5.75 Å². The second kappa shape index (κ2) is 10.0. The molecule has 170 valence electrons. The maximum atomic E-state index is 12.3. The Labute approximate surface area is 189 Å². The molecule has 2 aliphatic rings. The average Bonchev–Trinajstić information content (AvgIpc) is 2.78. The van der Waals surface area contributed by atoms with E-state index in [0.717, 1.165) is 29.7 Å². The predicted molar refractivity (Wildman–Crippen MR) is 121 cm³/mol. The SMILES string of the molecule is CCCC1CCC(C2CCc3cc(C#Cc4ccc(OC(F)(F)F)cc4)ccc3C2)CC1. The summed E-state index contributed by atoms with van der Waals surface area (Å²) in [7, 11) is 0. The Morgan fingerprint density at radius 3 is 2.22 bits per heavy atom. The minimum Gasteiger partial charge on any atom is -0.406 e. The van der Waals surface area contributed by atoms with E-state index in [1.54, 1.807) is 12.1 Å². The maximum Gasteiger partial charge on any atom is 0.573 e. The Bertz CT molecular complexity index is 957. The van der Waals surface area contributed by atoms with Crippen LogP contribution in [0.4, 0.5) is 13.2 Å². The third-order valence-corrected chi connectivity index (χ3v) is 7.17. The van der Waals surface area contributed by atoms with Crippen LogP contribution in [0.25, 0.3) is 0 Å². The Morgan fingerprint density at radius 1 is 0.844 bits per heavy atom. The van der Waals surface area contributed by atoms with Gasteiger partial charge in [-0.25, -0.2) is 0 Å². The van der Waals surface area contributed by atoms with E-state index in [-0.39, 0.29) is 5.75 Å². The first-order valence-electron chi connectivity index (χ1n) is 11.9. The largest absolute Gasteiger partial charge is 0.573 e. The molecule has 2 aliphatic carbocycles. The fourth-order valence-electron chi connectivity index (χ4n) is 5.50. The van der Waals surface area contributed by atoms with Crippen molar-refractivity contribution in [2.45, 2.75) is 71.1 Å². The third kappa shape index (κ3) is 6.09. The van der Waals surface area contributed by atoms with Gasteiger partial charge in [-0.05, 0) is 97.4 Å². The number of alkyl halides is 3. The zero-order valence-corrected chi connectivity index (χ0v) is 18.7. The normalized spacial score (nSPS) is 23.1. The molecule has 0 aromatic heterocycles. The molecule has 0 aliphatic heterocycles. The van der Waals surface area contributed by atoms with E-state index in [4.69, 9.17) is 0 Å². The van der Waals surface area contributed by atoms with E-state index >= 15 is 0 Å². The van der Waals surface area contributed by atoms with Crippen molar-refractivity contribution in [3.8, 4) is 17.6 Å². The Kier molecular flexibility index (Phi) is 7.13. The average molecular weight is 441 g/mol. The monoisotopic (exact) mass is 440 g/mol. The molecule has 1 unspecified atom stereocenters. The molecule has 4 heteroatoms. The fourth-order valence-corrected chi connectivity index (χ4v) is 5.50. The quantitative estimate of drug-likeness (QED) is 0.443. The summed E-state index contributed by atoms with van der Waals surface area (Å²) >= 11 is 0. The highest BCUT2D eigenvalue weighted by Gasteiger charge is 2.31. The molecule has 4 rings (SSSR count). The molecule has 1 atom stereocenters. The van der Waals surface area contributed by atoms with Gasteiger partial charge in [0.2, 0.25) is 0 Å². The highest BCUT2D eigenvalue weighted by molar-refractivity contribution is 5.47. The van der Waals surface area contributed by atoms with Crippen LogP contribution < -0.4 is 4.74 Å². The van der Waals surface area contributed by atoms with Gasteiger partial charge in [-0.15, -0.1) is 13.2 Å². The van der Waals surface area contributed by atoms with Gasteiger partial charge in [0.15, 0.2) is 0 Å². The van der Waals surface area contributed by atoms with Crippen molar-refractivity contribution < 1.29 is 17.9 Å². The lowest BCUT2D eigenvalue weighted by Crippen LogP contribution is -2.26. The van der Waals surface area contributed by atoms with E-state index in [9.17, 15) is 13.2 Å². The van der Waals surface area contributed by atoms with Crippen LogP contribution >= 0.6 is 0 Å². The lowest BCUT2D eigenvalue weighted by Gasteiger charge is -2.36. The summed E-state index contributed by atoms with van der Waals surface area (Å²) in [4.78, 5) is 0. The summed E-state index contributed by atoms with van der Waals surface area (Å²) in [6.45, 7) is 2.30. The van der Waals surface area contributed by atoms with E-state index < -0.39 is 6.36 Å².